The SMILES string of the molecule is Cc1nc2cc(C(=O)C3CNC3)ccc2o1. The number of rotatable bonds is 2. The van der Waals surface area contributed by atoms with E-state index in [0.717, 1.165) is 29.8 Å². The summed E-state index contributed by atoms with van der Waals surface area (Å²) < 4.78 is 5.37. The van der Waals surface area contributed by atoms with Crippen LogP contribution in [0.3, 0.4) is 0 Å². The molecule has 4 heteroatoms. The molecular weight excluding hydrogens is 204 g/mol. The predicted molar refractivity (Wildman–Crippen MR) is 59.4 cm³/mol. The molecule has 2 aromatic rings. The van der Waals surface area contributed by atoms with E-state index in [-0.39, 0.29) is 11.7 Å². The Labute approximate surface area is 92.7 Å². The summed E-state index contributed by atoms with van der Waals surface area (Å²) in [4.78, 5) is 16.2. The molecule has 0 amide bonds. The molecule has 0 aliphatic carbocycles. The van der Waals surface area contributed by atoms with E-state index in [4.69, 9.17) is 4.42 Å². The number of hydrogen-bond acceptors (Lipinski definition) is 4. The van der Waals surface area contributed by atoms with Gasteiger partial charge >= 0.3 is 0 Å². The minimum absolute atomic E-state index is 0.130. The van der Waals surface area contributed by atoms with Crippen molar-refractivity contribution < 1.29 is 9.21 Å². The average molecular weight is 216 g/mol. The summed E-state index contributed by atoms with van der Waals surface area (Å²) >= 11 is 0. The van der Waals surface area contributed by atoms with Crippen molar-refractivity contribution in [1.82, 2.24) is 10.3 Å². The highest BCUT2D eigenvalue weighted by Gasteiger charge is 2.26. The molecule has 0 spiro atoms. The Balaban J connectivity index is 2.00. The number of Topliss-reactive ketones (excluding diaryl/α,β-unsaturated/α-hetero) is 1. The van der Waals surface area contributed by atoms with E-state index in [2.05, 4.69) is 10.3 Å². The van der Waals surface area contributed by atoms with E-state index in [1.165, 1.54) is 0 Å². The lowest BCUT2D eigenvalue weighted by Crippen LogP contribution is -2.46. The van der Waals surface area contributed by atoms with E-state index in [0.29, 0.717) is 5.89 Å². The second-order valence-electron chi connectivity index (χ2n) is 4.13. The summed E-state index contributed by atoms with van der Waals surface area (Å²) in [6.45, 7) is 3.38. The molecule has 1 aromatic carbocycles. The maximum Gasteiger partial charge on any atom is 0.192 e. The van der Waals surface area contributed by atoms with E-state index in [1.807, 2.05) is 18.2 Å². The van der Waals surface area contributed by atoms with Gasteiger partial charge in [-0.15, -0.1) is 0 Å². The van der Waals surface area contributed by atoms with Crippen LogP contribution in [0.1, 0.15) is 16.2 Å². The van der Waals surface area contributed by atoms with Crippen molar-refractivity contribution in [2.45, 2.75) is 6.92 Å². The van der Waals surface area contributed by atoms with Gasteiger partial charge in [0.05, 0.1) is 0 Å². The second kappa shape index (κ2) is 3.42. The lowest BCUT2D eigenvalue weighted by molar-refractivity contribution is 0.0878. The number of benzene rings is 1. The molecule has 1 N–H and O–H groups in total. The molecule has 3 rings (SSSR count). The maximum atomic E-state index is 12.0. The van der Waals surface area contributed by atoms with Crippen LogP contribution in [0.2, 0.25) is 0 Å². The third-order valence-electron chi connectivity index (χ3n) is 2.93. The van der Waals surface area contributed by atoms with Gasteiger partial charge in [0.1, 0.15) is 5.52 Å². The summed E-state index contributed by atoms with van der Waals surface area (Å²) in [7, 11) is 0. The van der Waals surface area contributed by atoms with Gasteiger partial charge in [0, 0.05) is 31.5 Å². The van der Waals surface area contributed by atoms with Crippen LogP contribution in [0.5, 0.6) is 0 Å². The van der Waals surface area contributed by atoms with Crippen molar-refractivity contribution in [3.05, 3.63) is 29.7 Å². The van der Waals surface area contributed by atoms with Crippen molar-refractivity contribution in [1.29, 1.82) is 0 Å². The number of fused-ring (bicyclic) bond motifs is 1. The molecule has 82 valence electrons. The Morgan fingerprint density at radius 1 is 1.50 bits per heavy atom. The minimum Gasteiger partial charge on any atom is -0.441 e. The summed E-state index contributed by atoms with van der Waals surface area (Å²) in [5.41, 5.74) is 2.23. The van der Waals surface area contributed by atoms with Crippen molar-refractivity contribution in [3.8, 4) is 0 Å². The number of carbonyl (C=O) groups is 1. The van der Waals surface area contributed by atoms with Crippen LogP contribution >= 0.6 is 0 Å². The number of oxazole rings is 1. The first-order valence-electron chi connectivity index (χ1n) is 5.36. The normalized spacial score (nSPS) is 16.3. The Morgan fingerprint density at radius 2 is 2.31 bits per heavy atom. The number of aromatic nitrogens is 1. The Hall–Kier alpha value is -1.68. The van der Waals surface area contributed by atoms with Gasteiger partial charge in [-0.3, -0.25) is 4.79 Å². The molecule has 0 saturated carbocycles. The maximum absolute atomic E-state index is 12.0. The molecule has 16 heavy (non-hydrogen) atoms. The molecule has 4 nitrogen and oxygen atoms in total. The Morgan fingerprint density at radius 3 is 3.00 bits per heavy atom. The van der Waals surface area contributed by atoms with Crippen LogP contribution in [0.4, 0.5) is 0 Å². The van der Waals surface area contributed by atoms with Crippen molar-refractivity contribution in [2.75, 3.05) is 13.1 Å². The van der Waals surface area contributed by atoms with Crippen molar-refractivity contribution in [3.63, 3.8) is 0 Å². The van der Waals surface area contributed by atoms with Gasteiger partial charge in [-0.25, -0.2) is 4.98 Å². The second-order valence-corrected chi connectivity index (χ2v) is 4.13. The van der Waals surface area contributed by atoms with Crippen LogP contribution < -0.4 is 5.32 Å². The Kier molecular flexibility index (Phi) is 2.04. The van der Waals surface area contributed by atoms with Gasteiger partial charge in [-0.1, -0.05) is 0 Å². The molecule has 1 fully saturated rings. The summed E-state index contributed by atoms with van der Waals surface area (Å²) in [6.07, 6.45) is 0. The topological polar surface area (TPSA) is 55.1 Å². The number of ketones is 1. The lowest BCUT2D eigenvalue weighted by atomic mass is 9.93. The number of carbonyl (C=O) groups excluding carboxylic acids is 1. The fourth-order valence-corrected chi connectivity index (χ4v) is 1.91. The van der Waals surface area contributed by atoms with Crippen LogP contribution in [-0.2, 0) is 0 Å². The van der Waals surface area contributed by atoms with Crippen LogP contribution in [0.25, 0.3) is 11.1 Å². The van der Waals surface area contributed by atoms with Crippen LogP contribution in [-0.4, -0.2) is 23.9 Å². The third-order valence-corrected chi connectivity index (χ3v) is 2.93. The standard InChI is InChI=1S/C12H12N2O2/c1-7-14-10-4-8(2-3-11(10)16-7)12(15)9-5-13-6-9/h2-4,9,13H,5-6H2,1H3. The molecule has 1 aliphatic rings. The highest BCUT2D eigenvalue weighted by atomic mass is 16.3. The molecule has 0 atom stereocenters. The van der Waals surface area contributed by atoms with E-state index < -0.39 is 0 Å². The fraction of sp³-hybridized carbons (Fsp3) is 0.333. The van der Waals surface area contributed by atoms with Gasteiger partial charge in [0.25, 0.3) is 0 Å². The average Bonchev–Trinajstić information content (AvgIpc) is 2.53. The number of nitrogens with one attached hydrogen (secondary N) is 1. The largest absolute Gasteiger partial charge is 0.441 e. The third kappa shape index (κ3) is 1.42. The van der Waals surface area contributed by atoms with E-state index >= 15 is 0 Å². The minimum atomic E-state index is 0.130. The zero-order valence-corrected chi connectivity index (χ0v) is 8.99. The molecule has 1 saturated heterocycles. The van der Waals surface area contributed by atoms with Crippen molar-refractivity contribution in [2.24, 2.45) is 5.92 Å². The van der Waals surface area contributed by atoms with Crippen molar-refractivity contribution >= 4 is 16.9 Å². The van der Waals surface area contributed by atoms with Crippen LogP contribution in [0.15, 0.2) is 22.6 Å². The highest BCUT2D eigenvalue weighted by molar-refractivity contribution is 6.00. The zero-order chi connectivity index (χ0) is 11.1. The molecular formula is C12H12N2O2. The first-order chi connectivity index (χ1) is 7.74. The van der Waals surface area contributed by atoms with Gasteiger partial charge < -0.3 is 9.73 Å². The fourth-order valence-electron chi connectivity index (χ4n) is 1.91. The summed E-state index contributed by atoms with van der Waals surface area (Å²) in [6, 6.07) is 5.44. The lowest BCUT2D eigenvalue weighted by Gasteiger charge is -2.25. The highest BCUT2D eigenvalue weighted by Crippen LogP contribution is 2.19. The zero-order valence-electron chi connectivity index (χ0n) is 8.99. The molecule has 2 heterocycles. The van der Waals surface area contributed by atoms with Gasteiger partial charge in [-0.05, 0) is 18.2 Å². The molecule has 0 unspecified atom stereocenters. The molecule has 0 radical (unpaired) electrons. The van der Waals surface area contributed by atoms with Crippen LogP contribution in [0, 0.1) is 12.8 Å². The van der Waals surface area contributed by atoms with Gasteiger partial charge in [0.15, 0.2) is 17.3 Å². The van der Waals surface area contributed by atoms with Gasteiger partial charge in [0.2, 0.25) is 0 Å². The summed E-state index contributed by atoms with van der Waals surface area (Å²) in [5.74, 6) is 0.955. The summed E-state index contributed by atoms with van der Waals surface area (Å²) in [5, 5.41) is 3.10. The first-order valence-corrected chi connectivity index (χ1v) is 5.36. The monoisotopic (exact) mass is 216 g/mol. The molecule has 0 bridgehead atoms. The van der Waals surface area contributed by atoms with E-state index in [1.54, 1.807) is 6.92 Å². The number of aryl methyl sites for hydroxylation is 1. The molecule has 1 aliphatic heterocycles. The number of nitrogens with zero attached hydrogens (tertiary/aromatic N) is 1. The Bertz CT molecular complexity index is 555. The van der Waals surface area contributed by atoms with E-state index in [9.17, 15) is 4.79 Å². The van der Waals surface area contributed by atoms with Gasteiger partial charge in [-0.2, -0.15) is 0 Å². The smallest absolute Gasteiger partial charge is 0.192 e. The predicted octanol–water partition coefficient (Wildman–Crippen LogP) is 1.54. The molecule has 1 aromatic heterocycles. The first kappa shape index (κ1) is 9.54. The quantitative estimate of drug-likeness (QED) is 0.773. The number of hydrogen-bond donors (Lipinski definition) is 1.